The molecule has 2 aromatic carbocycles. The van der Waals surface area contributed by atoms with Gasteiger partial charge in [-0.1, -0.05) is 30.3 Å². The maximum Gasteiger partial charge on any atom is 0.324 e. The standard InChI is InChI=1S/C21H24N4O3S/c1-28-19(26)9-10-24-11-12-25(21(24)27)17-8-7-16(13-18(17)29-2)14-3-5-15(6-4-14)20(22)23/h3-8,13H,9-12H2,1-2H3,(H3,22,23). The first-order chi connectivity index (χ1) is 13.9. The zero-order valence-electron chi connectivity index (χ0n) is 16.5. The number of carbonyl (C=O) groups is 2. The highest BCUT2D eigenvalue weighted by molar-refractivity contribution is 7.98. The van der Waals surface area contributed by atoms with E-state index in [9.17, 15) is 9.59 Å². The first-order valence-electron chi connectivity index (χ1n) is 9.20. The first-order valence-corrected chi connectivity index (χ1v) is 10.4. The summed E-state index contributed by atoms with van der Waals surface area (Å²) in [5.74, 6) is -0.276. The van der Waals surface area contributed by atoms with Gasteiger partial charge in [0.1, 0.15) is 5.84 Å². The first kappa shape index (κ1) is 20.7. The highest BCUT2D eigenvalue weighted by Crippen LogP contribution is 2.35. The number of urea groups is 1. The topological polar surface area (TPSA) is 99.7 Å². The third-order valence-corrected chi connectivity index (χ3v) is 5.68. The van der Waals surface area contributed by atoms with Crippen molar-refractivity contribution in [2.24, 2.45) is 5.73 Å². The predicted molar refractivity (Wildman–Crippen MR) is 116 cm³/mol. The Morgan fingerprint density at radius 1 is 1.17 bits per heavy atom. The Morgan fingerprint density at radius 3 is 2.48 bits per heavy atom. The Hall–Kier alpha value is -3.00. The van der Waals surface area contributed by atoms with Gasteiger partial charge < -0.3 is 15.4 Å². The van der Waals surface area contributed by atoms with Crippen LogP contribution in [0.15, 0.2) is 47.4 Å². The van der Waals surface area contributed by atoms with Crippen LogP contribution in [-0.4, -0.2) is 55.7 Å². The van der Waals surface area contributed by atoms with Gasteiger partial charge >= 0.3 is 12.0 Å². The van der Waals surface area contributed by atoms with Gasteiger partial charge in [0.05, 0.1) is 19.2 Å². The molecule has 3 rings (SSSR count). The number of nitrogens with one attached hydrogen (secondary N) is 1. The molecule has 0 spiro atoms. The number of ether oxygens (including phenoxy) is 1. The third-order valence-electron chi connectivity index (χ3n) is 4.91. The van der Waals surface area contributed by atoms with Crippen molar-refractivity contribution in [1.82, 2.24) is 4.90 Å². The van der Waals surface area contributed by atoms with Crippen LogP contribution >= 0.6 is 11.8 Å². The van der Waals surface area contributed by atoms with E-state index in [2.05, 4.69) is 10.8 Å². The number of carbonyl (C=O) groups excluding carboxylic acids is 2. The fourth-order valence-corrected chi connectivity index (χ4v) is 3.90. The largest absolute Gasteiger partial charge is 0.469 e. The average Bonchev–Trinajstić information content (AvgIpc) is 3.11. The lowest BCUT2D eigenvalue weighted by atomic mass is 10.0. The molecular weight excluding hydrogens is 388 g/mol. The smallest absolute Gasteiger partial charge is 0.324 e. The predicted octanol–water partition coefficient (Wildman–Crippen LogP) is 3.16. The van der Waals surface area contributed by atoms with Gasteiger partial charge in [0.25, 0.3) is 0 Å². The SMILES string of the molecule is COC(=O)CCN1CCN(c2ccc(-c3ccc(C(=N)N)cc3)cc2SC)C1=O. The van der Waals surface area contributed by atoms with E-state index in [1.165, 1.54) is 7.11 Å². The van der Waals surface area contributed by atoms with Crippen molar-refractivity contribution >= 4 is 35.3 Å². The molecule has 7 nitrogen and oxygen atoms in total. The molecular formula is C21H24N4O3S. The number of rotatable bonds is 7. The van der Waals surface area contributed by atoms with E-state index in [1.807, 2.05) is 42.7 Å². The number of anilines is 1. The summed E-state index contributed by atoms with van der Waals surface area (Å²) in [5, 5.41) is 7.51. The van der Waals surface area contributed by atoms with Crippen LogP contribution in [0.4, 0.5) is 10.5 Å². The third kappa shape index (κ3) is 4.54. The monoisotopic (exact) mass is 412 g/mol. The lowest BCUT2D eigenvalue weighted by Crippen LogP contribution is -2.33. The van der Waals surface area contributed by atoms with Crippen LogP contribution in [0, 0.1) is 5.41 Å². The van der Waals surface area contributed by atoms with Crippen LogP contribution in [0.2, 0.25) is 0 Å². The molecule has 2 aromatic rings. The number of nitrogen functional groups attached to an aromatic ring is 1. The molecule has 0 aliphatic carbocycles. The summed E-state index contributed by atoms with van der Waals surface area (Å²) in [6.45, 7) is 1.52. The van der Waals surface area contributed by atoms with E-state index in [1.54, 1.807) is 21.6 Å². The summed E-state index contributed by atoms with van der Waals surface area (Å²) in [6, 6.07) is 13.4. The number of benzene rings is 2. The van der Waals surface area contributed by atoms with Gasteiger partial charge in [-0.05, 0) is 29.5 Å². The van der Waals surface area contributed by atoms with Crippen molar-refractivity contribution in [2.45, 2.75) is 11.3 Å². The van der Waals surface area contributed by atoms with Crippen molar-refractivity contribution in [2.75, 3.05) is 37.9 Å². The minimum absolute atomic E-state index is 0.0426. The Labute approximate surface area is 174 Å². The van der Waals surface area contributed by atoms with E-state index in [0.717, 1.165) is 21.7 Å². The minimum Gasteiger partial charge on any atom is -0.469 e. The molecule has 0 saturated carbocycles. The van der Waals surface area contributed by atoms with E-state index in [-0.39, 0.29) is 24.3 Å². The van der Waals surface area contributed by atoms with Gasteiger partial charge in [0.15, 0.2) is 0 Å². The number of hydrogen-bond donors (Lipinski definition) is 2. The molecule has 152 valence electrons. The van der Waals surface area contributed by atoms with Crippen molar-refractivity contribution < 1.29 is 14.3 Å². The summed E-state index contributed by atoms with van der Waals surface area (Å²) in [5.41, 5.74) is 9.12. The lowest BCUT2D eigenvalue weighted by molar-refractivity contribution is -0.140. The molecule has 1 heterocycles. The fourth-order valence-electron chi connectivity index (χ4n) is 3.26. The second-order valence-corrected chi connectivity index (χ2v) is 7.47. The fraction of sp³-hybridized carbons (Fsp3) is 0.286. The zero-order valence-corrected chi connectivity index (χ0v) is 17.3. The van der Waals surface area contributed by atoms with Gasteiger partial charge in [-0.3, -0.25) is 15.1 Å². The number of thioether (sulfide) groups is 1. The number of methoxy groups -OCH3 is 1. The molecule has 1 saturated heterocycles. The van der Waals surface area contributed by atoms with Crippen molar-refractivity contribution in [3.63, 3.8) is 0 Å². The Morgan fingerprint density at radius 2 is 1.86 bits per heavy atom. The summed E-state index contributed by atoms with van der Waals surface area (Å²) in [7, 11) is 1.35. The van der Waals surface area contributed by atoms with Crippen LogP contribution in [0.3, 0.4) is 0 Å². The highest BCUT2D eigenvalue weighted by Gasteiger charge is 2.31. The average molecular weight is 413 g/mol. The summed E-state index contributed by atoms with van der Waals surface area (Å²) < 4.78 is 4.66. The van der Waals surface area contributed by atoms with Gasteiger partial charge in [0, 0.05) is 30.1 Å². The van der Waals surface area contributed by atoms with E-state index < -0.39 is 0 Å². The molecule has 29 heavy (non-hydrogen) atoms. The number of amidine groups is 1. The van der Waals surface area contributed by atoms with E-state index in [4.69, 9.17) is 11.1 Å². The molecule has 0 radical (unpaired) electrons. The van der Waals surface area contributed by atoms with E-state index in [0.29, 0.717) is 25.2 Å². The van der Waals surface area contributed by atoms with Gasteiger partial charge in [-0.15, -0.1) is 11.8 Å². The molecule has 1 aliphatic heterocycles. The summed E-state index contributed by atoms with van der Waals surface area (Å²) >= 11 is 1.58. The number of hydrogen-bond acceptors (Lipinski definition) is 5. The lowest BCUT2D eigenvalue weighted by Gasteiger charge is -2.21. The molecule has 0 bridgehead atoms. The summed E-state index contributed by atoms with van der Waals surface area (Å²) in [4.78, 5) is 28.6. The number of esters is 1. The van der Waals surface area contributed by atoms with Crippen LogP contribution in [-0.2, 0) is 9.53 Å². The molecule has 1 aliphatic rings. The number of nitrogens with zero attached hydrogens (tertiary/aromatic N) is 2. The van der Waals surface area contributed by atoms with Crippen molar-refractivity contribution in [3.05, 3.63) is 48.0 Å². The van der Waals surface area contributed by atoms with Crippen LogP contribution in [0.5, 0.6) is 0 Å². The van der Waals surface area contributed by atoms with Crippen LogP contribution < -0.4 is 10.6 Å². The molecule has 0 unspecified atom stereocenters. The molecule has 3 N–H and O–H groups in total. The Bertz CT molecular complexity index is 930. The normalized spacial score (nSPS) is 13.7. The summed E-state index contributed by atoms with van der Waals surface area (Å²) in [6.07, 6.45) is 2.18. The Kier molecular flexibility index (Phi) is 6.43. The number of amides is 2. The maximum absolute atomic E-state index is 12.8. The van der Waals surface area contributed by atoms with Gasteiger partial charge in [-0.2, -0.15) is 0 Å². The molecule has 1 fully saturated rings. The van der Waals surface area contributed by atoms with Gasteiger partial charge in [0.2, 0.25) is 0 Å². The molecule has 0 atom stereocenters. The van der Waals surface area contributed by atoms with E-state index >= 15 is 0 Å². The zero-order chi connectivity index (χ0) is 21.0. The molecule has 0 aromatic heterocycles. The molecule has 8 heteroatoms. The van der Waals surface area contributed by atoms with Crippen molar-refractivity contribution in [1.29, 1.82) is 5.41 Å². The van der Waals surface area contributed by atoms with Crippen molar-refractivity contribution in [3.8, 4) is 11.1 Å². The second kappa shape index (κ2) is 9.00. The van der Waals surface area contributed by atoms with Crippen LogP contribution in [0.25, 0.3) is 11.1 Å². The second-order valence-electron chi connectivity index (χ2n) is 6.63. The van der Waals surface area contributed by atoms with Crippen LogP contribution in [0.1, 0.15) is 12.0 Å². The molecule has 2 amide bonds. The maximum atomic E-state index is 12.8. The minimum atomic E-state index is -0.318. The Balaban J connectivity index is 1.79. The van der Waals surface area contributed by atoms with Gasteiger partial charge in [-0.25, -0.2) is 4.79 Å². The quantitative estimate of drug-likeness (QED) is 0.315. The highest BCUT2D eigenvalue weighted by atomic mass is 32.2. The number of nitrogens with two attached hydrogens (primary N) is 1.